The maximum Gasteiger partial charge on any atom is 0.261 e. The predicted molar refractivity (Wildman–Crippen MR) is 75.1 cm³/mol. The van der Waals surface area contributed by atoms with Crippen LogP contribution in [0.15, 0.2) is 32.6 Å². The molecule has 0 amide bonds. The van der Waals surface area contributed by atoms with Gasteiger partial charge in [0, 0.05) is 15.9 Å². The van der Waals surface area contributed by atoms with E-state index in [-0.39, 0.29) is 17.1 Å². The van der Waals surface area contributed by atoms with Gasteiger partial charge in [-0.05, 0) is 28.1 Å². The Morgan fingerprint density at radius 3 is 2.70 bits per heavy atom. The molecule has 4 nitrogen and oxygen atoms in total. The lowest BCUT2D eigenvalue weighted by atomic mass is 10.2. The van der Waals surface area contributed by atoms with Gasteiger partial charge in [-0.25, -0.2) is 8.78 Å². The highest BCUT2D eigenvalue weighted by Crippen LogP contribution is 2.31. The number of hydrogen-bond acceptors (Lipinski definition) is 5. The van der Waals surface area contributed by atoms with Gasteiger partial charge >= 0.3 is 0 Å². The van der Waals surface area contributed by atoms with Crippen LogP contribution in [0, 0.1) is 11.6 Å². The van der Waals surface area contributed by atoms with E-state index in [1.54, 1.807) is 0 Å². The summed E-state index contributed by atoms with van der Waals surface area (Å²) in [6.45, 7) is 0. The topological polar surface area (TPSA) is 64.9 Å². The molecule has 0 unspecified atom stereocenters. The van der Waals surface area contributed by atoms with Gasteiger partial charge in [-0.1, -0.05) is 5.16 Å². The second-order valence-electron chi connectivity index (χ2n) is 3.91. The Bertz CT molecular complexity index is 787. The first kappa shape index (κ1) is 13.2. The van der Waals surface area contributed by atoms with Crippen LogP contribution in [0.1, 0.15) is 0 Å². The molecule has 0 atom stereocenters. The highest BCUT2D eigenvalue weighted by molar-refractivity contribution is 9.10. The Kier molecular flexibility index (Phi) is 3.27. The second-order valence-corrected chi connectivity index (χ2v) is 5.73. The number of rotatable bonds is 2. The molecule has 0 aliphatic rings. The van der Waals surface area contributed by atoms with E-state index >= 15 is 0 Å². The number of aromatic nitrogens is 2. The molecule has 102 valence electrons. The van der Waals surface area contributed by atoms with Gasteiger partial charge in [0.25, 0.3) is 5.89 Å². The molecule has 0 saturated heterocycles. The summed E-state index contributed by atoms with van der Waals surface area (Å²) in [6, 6.07) is 3.64. The first-order valence-electron chi connectivity index (χ1n) is 5.37. The largest absolute Gasteiger partial charge is 0.396 e. The van der Waals surface area contributed by atoms with Gasteiger partial charge in [-0.2, -0.15) is 4.98 Å². The van der Waals surface area contributed by atoms with Gasteiger partial charge in [0.1, 0.15) is 11.6 Å². The minimum atomic E-state index is -0.826. The first-order chi connectivity index (χ1) is 9.54. The van der Waals surface area contributed by atoms with E-state index < -0.39 is 11.6 Å². The number of nitrogen functional groups attached to an aromatic ring is 1. The number of nitrogens with two attached hydrogens (primary N) is 1. The van der Waals surface area contributed by atoms with Crippen molar-refractivity contribution >= 4 is 33.0 Å². The molecule has 0 saturated carbocycles. The summed E-state index contributed by atoms with van der Waals surface area (Å²) in [6.07, 6.45) is 0. The van der Waals surface area contributed by atoms with E-state index in [1.165, 1.54) is 11.3 Å². The lowest BCUT2D eigenvalue weighted by molar-refractivity contribution is 0.429. The number of benzene rings is 1. The van der Waals surface area contributed by atoms with E-state index in [1.807, 2.05) is 11.4 Å². The van der Waals surface area contributed by atoms with Gasteiger partial charge in [-0.15, -0.1) is 11.3 Å². The van der Waals surface area contributed by atoms with Crippen molar-refractivity contribution in [1.82, 2.24) is 10.1 Å². The summed E-state index contributed by atoms with van der Waals surface area (Å²) in [4.78, 5) is 4.86. The Labute approximate surface area is 124 Å². The van der Waals surface area contributed by atoms with Crippen LogP contribution < -0.4 is 5.73 Å². The molecule has 0 radical (unpaired) electrons. The van der Waals surface area contributed by atoms with Gasteiger partial charge in [0.2, 0.25) is 5.82 Å². The van der Waals surface area contributed by atoms with Crippen LogP contribution in [0.25, 0.3) is 22.2 Å². The van der Waals surface area contributed by atoms with Crippen LogP contribution in [-0.2, 0) is 0 Å². The van der Waals surface area contributed by atoms with Crippen molar-refractivity contribution in [2.45, 2.75) is 0 Å². The molecule has 0 aliphatic carbocycles. The van der Waals surface area contributed by atoms with E-state index in [4.69, 9.17) is 10.3 Å². The average Bonchev–Trinajstić information content (AvgIpc) is 3.02. The fourth-order valence-electron chi connectivity index (χ4n) is 1.59. The molecule has 8 heteroatoms. The smallest absolute Gasteiger partial charge is 0.261 e. The molecular formula is C12H6BrF2N3OS. The SMILES string of the molecule is Nc1cc(-c2nc(-c3cc(Br)cs3)no2)c(F)cc1F. The van der Waals surface area contributed by atoms with Crippen molar-refractivity contribution in [3.05, 3.63) is 39.7 Å². The third-order valence-electron chi connectivity index (χ3n) is 2.53. The zero-order valence-electron chi connectivity index (χ0n) is 9.73. The molecule has 0 fully saturated rings. The van der Waals surface area contributed by atoms with Crippen LogP contribution >= 0.6 is 27.3 Å². The monoisotopic (exact) mass is 357 g/mol. The summed E-state index contributed by atoms with van der Waals surface area (Å²) in [5.41, 5.74) is 5.20. The molecule has 0 spiro atoms. The van der Waals surface area contributed by atoms with Crippen molar-refractivity contribution in [2.75, 3.05) is 5.73 Å². The van der Waals surface area contributed by atoms with Crippen LogP contribution in [-0.4, -0.2) is 10.1 Å². The van der Waals surface area contributed by atoms with Gasteiger partial charge < -0.3 is 10.3 Å². The van der Waals surface area contributed by atoms with E-state index in [2.05, 4.69) is 26.1 Å². The van der Waals surface area contributed by atoms with Crippen LogP contribution in [0.2, 0.25) is 0 Å². The zero-order chi connectivity index (χ0) is 14.3. The minimum absolute atomic E-state index is 0.0294. The zero-order valence-corrected chi connectivity index (χ0v) is 12.1. The molecule has 2 N–H and O–H groups in total. The quantitative estimate of drug-likeness (QED) is 0.701. The Morgan fingerprint density at radius 2 is 2.00 bits per heavy atom. The molecule has 1 aromatic carbocycles. The summed E-state index contributed by atoms with van der Waals surface area (Å²) in [7, 11) is 0. The van der Waals surface area contributed by atoms with Crippen molar-refractivity contribution in [3.63, 3.8) is 0 Å². The summed E-state index contributed by atoms with van der Waals surface area (Å²) < 4.78 is 32.7. The lowest BCUT2D eigenvalue weighted by Gasteiger charge is -2.00. The van der Waals surface area contributed by atoms with Crippen molar-refractivity contribution in [1.29, 1.82) is 0 Å². The average molecular weight is 358 g/mol. The van der Waals surface area contributed by atoms with Crippen LogP contribution in [0.4, 0.5) is 14.5 Å². The third kappa shape index (κ3) is 2.32. The lowest BCUT2D eigenvalue weighted by Crippen LogP contribution is -1.94. The molecule has 3 rings (SSSR count). The molecule has 2 aromatic heterocycles. The minimum Gasteiger partial charge on any atom is -0.396 e. The number of thiophene rings is 1. The molecule has 0 bridgehead atoms. The second kappa shape index (κ2) is 4.95. The summed E-state index contributed by atoms with van der Waals surface area (Å²) in [5, 5.41) is 5.63. The molecule has 0 aliphatic heterocycles. The van der Waals surface area contributed by atoms with Gasteiger partial charge in [-0.3, -0.25) is 0 Å². The molecular weight excluding hydrogens is 352 g/mol. The third-order valence-corrected chi connectivity index (χ3v) is 4.22. The maximum atomic E-state index is 13.7. The fraction of sp³-hybridized carbons (Fsp3) is 0. The van der Waals surface area contributed by atoms with Crippen molar-refractivity contribution < 1.29 is 13.3 Å². The predicted octanol–water partition coefficient (Wildman–Crippen LogP) is 4.09. The van der Waals surface area contributed by atoms with Crippen molar-refractivity contribution in [2.24, 2.45) is 0 Å². The van der Waals surface area contributed by atoms with E-state index in [9.17, 15) is 8.78 Å². The maximum absolute atomic E-state index is 13.7. The molecule has 2 heterocycles. The Morgan fingerprint density at radius 1 is 1.20 bits per heavy atom. The fourth-order valence-corrected chi connectivity index (χ4v) is 2.94. The normalized spacial score (nSPS) is 10.9. The van der Waals surface area contributed by atoms with Gasteiger partial charge in [0.05, 0.1) is 16.1 Å². The van der Waals surface area contributed by atoms with Crippen molar-refractivity contribution in [3.8, 4) is 22.2 Å². The standard InChI is InChI=1S/C12H6BrF2N3OS/c13-5-1-10(20-4-5)11-17-12(19-18-11)6-2-9(16)8(15)3-7(6)14/h1-4H,16H2. The first-order valence-corrected chi connectivity index (χ1v) is 7.05. The Hall–Kier alpha value is -1.80. The van der Waals surface area contributed by atoms with E-state index in [0.717, 1.165) is 15.4 Å². The number of anilines is 1. The Balaban J connectivity index is 2.04. The summed E-state index contributed by atoms with van der Waals surface area (Å²) in [5.74, 6) is -1.35. The van der Waals surface area contributed by atoms with Crippen LogP contribution in [0.3, 0.4) is 0 Å². The molecule has 20 heavy (non-hydrogen) atoms. The molecule has 3 aromatic rings. The number of halogens is 3. The summed E-state index contributed by atoms with van der Waals surface area (Å²) >= 11 is 4.73. The highest BCUT2D eigenvalue weighted by Gasteiger charge is 2.17. The number of nitrogens with zero attached hydrogens (tertiary/aromatic N) is 2. The van der Waals surface area contributed by atoms with E-state index in [0.29, 0.717) is 11.9 Å². The number of hydrogen-bond donors (Lipinski definition) is 1. The van der Waals surface area contributed by atoms with Gasteiger partial charge in [0.15, 0.2) is 0 Å². The van der Waals surface area contributed by atoms with Crippen LogP contribution in [0.5, 0.6) is 0 Å². The highest BCUT2D eigenvalue weighted by atomic mass is 79.9.